The number of oxime groups is 1. The molecule has 1 rings (SSSR count). The number of rotatable bonds is 5. The SMILES string of the molecule is CC(O/N=C(\[C]=O)c1csc(N)n1)C(=O)O. The number of nitrogens with two attached hydrogens (primary N) is 1. The number of carboxylic acids is 1. The molecule has 0 aromatic carbocycles. The largest absolute Gasteiger partial charge is 0.478 e. The van der Waals surface area contributed by atoms with Crippen molar-refractivity contribution < 1.29 is 19.5 Å². The average Bonchev–Trinajstić information content (AvgIpc) is 2.65. The molecule has 16 heavy (non-hydrogen) atoms. The van der Waals surface area contributed by atoms with Crippen LogP contribution >= 0.6 is 11.3 Å². The third-order valence-electron chi connectivity index (χ3n) is 1.51. The van der Waals surface area contributed by atoms with Gasteiger partial charge in [0.15, 0.2) is 10.8 Å². The van der Waals surface area contributed by atoms with Crippen LogP contribution in [0.4, 0.5) is 5.13 Å². The van der Waals surface area contributed by atoms with E-state index in [4.69, 9.17) is 10.8 Å². The Bertz CT molecular complexity index is 429. The van der Waals surface area contributed by atoms with Gasteiger partial charge >= 0.3 is 5.97 Å². The Morgan fingerprint density at radius 3 is 2.94 bits per heavy atom. The quantitative estimate of drug-likeness (QED) is 0.556. The minimum absolute atomic E-state index is 0.204. The first-order valence-electron chi connectivity index (χ1n) is 4.10. The molecule has 1 radical (unpaired) electrons. The highest BCUT2D eigenvalue weighted by Crippen LogP contribution is 2.11. The van der Waals surface area contributed by atoms with Gasteiger partial charge in [0, 0.05) is 5.38 Å². The van der Waals surface area contributed by atoms with Gasteiger partial charge in [-0.25, -0.2) is 9.78 Å². The molecular weight excluding hydrogens is 234 g/mol. The van der Waals surface area contributed by atoms with Crippen molar-refractivity contribution in [1.82, 2.24) is 4.98 Å². The average molecular weight is 242 g/mol. The fourth-order valence-electron chi connectivity index (χ4n) is 0.691. The van der Waals surface area contributed by atoms with Crippen LogP contribution in [-0.4, -0.2) is 34.2 Å². The summed E-state index contributed by atoms with van der Waals surface area (Å²) >= 11 is 1.12. The Labute approximate surface area is 94.5 Å². The zero-order chi connectivity index (χ0) is 12.1. The summed E-state index contributed by atoms with van der Waals surface area (Å²) in [5.74, 6) is -1.19. The van der Waals surface area contributed by atoms with Gasteiger partial charge in [-0.05, 0) is 6.92 Å². The van der Waals surface area contributed by atoms with Gasteiger partial charge < -0.3 is 15.7 Å². The van der Waals surface area contributed by atoms with Gasteiger partial charge in [-0.3, -0.25) is 4.79 Å². The molecule has 0 fully saturated rings. The van der Waals surface area contributed by atoms with Crippen LogP contribution in [0, 0.1) is 0 Å². The smallest absolute Gasteiger partial charge is 0.347 e. The van der Waals surface area contributed by atoms with Crippen LogP contribution in [-0.2, 0) is 14.4 Å². The van der Waals surface area contributed by atoms with E-state index in [1.807, 2.05) is 0 Å². The normalized spacial score (nSPS) is 13.2. The van der Waals surface area contributed by atoms with E-state index in [9.17, 15) is 9.59 Å². The van der Waals surface area contributed by atoms with Crippen molar-refractivity contribution in [2.45, 2.75) is 13.0 Å². The molecule has 7 nitrogen and oxygen atoms in total. The zero-order valence-corrected chi connectivity index (χ0v) is 9.02. The van der Waals surface area contributed by atoms with Gasteiger partial charge in [0.25, 0.3) is 6.29 Å². The van der Waals surface area contributed by atoms with Gasteiger partial charge in [-0.1, -0.05) is 5.16 Å². The number of thiazole rings is 1. The van der Waals surface area contributed by atoms with E-state index >= 15 is 0 Å². The lowest BCUT2D eigenvalue weighted by molar-refractivity contribution is -0.149. The minimum atomic E-state index is -1.19. The molecular formula is C8H8N3O4S. The van der Waals surface area contributed by atoms with Crippen LogP contribution in [0.15, 0.2) is 10.5 Å². The second-order valence-corrected chi connectivity index (χ2v) is 3.59. The van der Waals surface area contributed by atoms with Crippen molar-refractivity contribution in [3.8, 4) is 0 Å². The minimum Gasteiger partial charge on any atom is -0.478 e. The van der Waals surface area contributed by atoms with Crippen molar-refractivity contribution in [3.05, 3.63) is 11.1 Å². The summed E-state index contributed by atoms with van der Waals surface area (Å²) in [6, 6.07) is 0. The number of anilines is 1. The first-order valence-corrected chi connectivity index (χ1v) is 4.98. The number of carbonyl (C=O) groups excluding carboxylic acids is 1. The summed E-state index contributed by atoms with van der Waals surface area (Å²) in [5.41, 5.74) is 5.35. The number of hydrogen-bond acceptors (Lipinski definition) is 7. The van der Waals surface area contributed by atoms with E-state index < -0.39 is 12.1 Å². The highest BCUT2D eigenvalue weighted by atomic mass is 32.1. The van der Waals surface area contributed by atoms with E-state index in [0.29, 0.717) is 0 Å². The Kier molecular flexibility index (Phi) is 3.95. The number of nitrogen functional groups attached to an aromatic ring is 1. The van der Waals surface area contributed by atoms with Gasteiger partial charge in [0.2, 0.25) is 6.10 Å². The maximum absolute atomic E-state index is 10.5. The number of hydrogen-bond donors (Lipinski definition) is 2. The van der Waals surface area contributed by atoms with E-state index in [2.05, 4.69) is 15.0 Å². The van der Waals surface area contributed by atoms with Gasteiger partial charge in [-0.15, -0.1) is 11.3 Å². The van der Waals surface area contributed by atoms with E-state index in [1.165, 1.54) is 18.6 Å². The number of aliphatic carboxylic acids is 1. The Hall–Kier alpha value is -1.96. The molecule has 85 valence electrons. The number of nitrogens with zero attached hydrogens (tertiary/aromatic N) is 2. The predicted octanol–water partition coefficient (Wildman–Crippen LogP) is 0.0288. The lowest BCUT2D eigenvalue weighted by Crippen LogP contribution is -2.18. The summed E-state index contributed by atoms with van der Waals surface area (Å²) in [6.07, 6.45) is 0.343. The van der Waals surface area contributed by atoms with Crippen molar-refractivity contribution in [2.24, 2.45) is 5.16 Å². The molecule has 0 spiro atoms. The number of carbonyl (C=O) groups is 1. The van der Waals surface area contributed by atoms with Crippen molar-refractivity contribution >= 4 is 34.4 Å². The van der Waals surface area contributed by atoms with Crippen LogP contribution in [0.5, 0.6) is 0 Å². The lowest BCUT2D eigenvalue weighted by Gasteiger charge is -2.03. The van der Waals surface area contributed by atoms with Crippen LogP contribution in [0.25, 0.3) is 0 Å². The van der Waals surface area contributed by atoms with Gasteiger partial charge in [0.1, 0.15) is 5.69 Å². The second-order valence-electron chi connectivity index (χ2n) is 2.70. The van der Waals surface area contributed by atoms with Gasteiger partial charge in [0.05, 0.1) is 0 Å². The molecule has 1 unspecified atom stereocenters. The lowest BCUT2D eigenvalue weighted by atomic mass is 10.3. The highest BCUT2D eigenvalue weighted by Gasteiger charge is 2.14. The third kappa shape index (κ3) is 3.02. The summed E-state index contributed by atoms with van der Waals surface area (Å²) in [5, 5.41) is 13.6. The molecule has 1 aromatic heterocycles. The number of aromatic nitrogens is 1. The summed E-state index contributed by atoms with van der Waals surface area (Å²) < 4.78 is 0. The van der Waals surface area contributed by atoms with Crippen molar-refractivity contribution in [1.29, 1.82) is 0 Å². The summed E-state index contributed by atoms with van der Waals surface area (Å²) in [4.78, 5) is 29.3. The fourth-order valence-corrected chi connectivity index (χ4v) is 1.24. The van der Waals surface area contributed by atoms with Crippen molar-refractivity contribution in [3.63, 3.8) is 0 Å². The molecule has 3 N–H and O–H groups in total. The van der Waals surface area contributed by atoms with Crippen LogP contribution in [0.1, 0.15) is 12.6 Å². The van der Waals surface area contributed by atoms with Crippen LogP contribution in [0.2, 0.25) is 0 Å². The predicted molar refractivity (Wildman–Crippen MR) is 56.9 cm³/mol. The molecule has 0 aliphatic heterocycles. The summed E-state index contributed by atoms with van der Waals surface area (Å²) in [6.45, 7) is 1.28. The first kappa shape index (κ1) is 12.1. The molecule has 1 atom stereocenters. The van der Waals surface area contributed by atoms with Gasteiger partial charge in [-0.2, -0.15) is 0 Å². The van der Waals surface area contributed by atoms with E-state index in [0.717, 1.165) is 11.3 Å². The van der Waals surface area contributed by atoms with E-state index in [-0.39, 0.29) is 16.5 Å². The maximum Gasteiger partial charge on any atom is 0.347 e. The Balaban J connectivity index is 2.79. The standard InChI is InChI=1S/C8H8N3O4S/c1-4(7(13)14)15-11-5(2-12)6-3-16-8(9)10-6/h3-4H,1H3,(H2,9,10)(H,13,14)/b11-5+. The molecule has 8 heteroatoms. The fraction of sp³-hybridized carbons (Fsp3) is 0.250. The van der Waals surface area contributed by atoms with E-state index in [1.54, 1.807) is 0 Å². The van der Waals surface area contributed by atoms with Crippen LogP contribution in [0.3, 0.4) is 0 Å². The molecule has 0 aliphatic carbocycles. The molecule has 0 aliphatic rings. The van der Waals surface area contributed by atoms with Crippen LogP contribution < -0.4 is 5.73 Å². The molecule has 1 aromatic rings. The molecule has 0 amide bonds. The van der Waals surface area contributed by atoms with Crippen molar-refractivity contribution in [2.75, 3.05) is 5.73 Å². The summed E-state index contributed by atoms with van der Waals surface area (Å²) in [7, 11) is 0. The maximum atomic E-state index is 10.5. The highest BCUT2D eigenvalue weighted by molar-refractivity contribution is 7.13. The zero-order valence-electron chi connectivity index (χ0n) is 8.21. The molecule has 0 bridgehead atoms. The third-order valence-corrected chi connectivity index (χ3v) is 2.19. The first-order chi connectivity index (χ1) is 7.54. The molecule has 0 saturated carbocycles. The molecule has 0 saturated heterocycles. The monoisotopic (exact) mass is 242 g/mol. The number of carboxylic acid groups (broad SMARTS) is 1. The topological polar surface area (TPSA) is 115 Å². The Morgan fingerprint density at radius 2 is 2.50 bits per heavy atom. The Morgan fingerprint density at radius 1 is 1.81 bits per heavy atom. The molecule has 1 heterocycles. The second kappa shape index (κ2) is 5.21.